The monoisotopic (exact) mass is 302 g/mol. The number of nitrogens with zero attached hydrogens (tertiary/aromatic N) is 4. The molecular formula is C11H18N4O4S. The Bertz CT molecular complexity index is 597. The Balaban J connectivity index is 2.19. The topological polar surface area (TPSA) is 105 Å². The van der Waals surface area contributed by atoms with Gasteiger partial charge in [-0.2, -0.15) is 0 Å². The van der Waals surface area contributed by atoms with E-state index in [1.165, 1.54) is 11.2 Å². The second-order valence-corrected chi connectivity index (χ2v) is 7.28. The van der Waals surface area contributed by atoms with Gasteiger partial charge in [0.1, 0.15) is 12.2 Å². The number of aromatic nitrogens is 3. The molecule has 0 aromatic carbocycles. The number of sulfonamides is 1. The summed E-state index contributed by atoms with van der Waals surface area (Å²) in [6, 6.07) is 0. The third kappa shape index (κ3) is 2.68. The Hall–Kier alpha value is -1.48. The van der Waals surface area contributed by atoms with Crippen LogP contribution in [0.15, 0.2) is 6.33 Å². The first kappa shape index (κ1) is 14.9. The van der Waals surface area contributed by atoms with Crippen LogP contribution in [0.25, 0.3) is 0 Å². The second kappa shape index (κ2) is 5.49. The van der Waals surface area contributed by atoms with Gasteiger partial charge in [-0.1, -0.05) is 0 Å². The Morgan fingerprint density at radius 3 is 2.80 bits per heavy atom. The molecule has 112 valence electrons. The lowest BCUT2D eigenvalue weighted by Crippen LogP contribution is -2.45. The van der Waals surface area contributed by atoms with E-state index in [1.54, 1.807) is 10.9 Å². The predicted molar refractivity (Wildman–Crippen MR) is 70.6 cm³/mol. The van der Waals surface area contributed by atoms with Crippen molar-refractivity contribution in [3.8, 4) is 0 Å². The van der Waals surface area contributed by atoms with Gasteiger partial charge < -0.3 is 9.67 Å². The van der Waals surface area contributed by atoms with E-state index in [2.05, 4.69) is 10.2 Å². The van der Waals surface area contributed by atoms with E-state index in [0.717, 1.165) is 12.2 Å². The van der Waals surface area contributed by atoms with Gasteiger partial charge in [0.2, 0.25) is 10.0 Å². The highest BCUT2D eigenvalue weighted by Gasteiger charge is 2.37. The van der Waals surface area contributed by atoms with E-state index >= 15 is 0 Å². The quantitative estimate of drug-likeness (QED) is 0.825. The van der Waals surface area contributed by atoms with Crippen LogP contribution < -0.4 is 0 Å². The number of hydrogen-bond acceptors (Lipinski definition) is 5. The van der Waals surface area contributed by atoms with Gasteiger partial charge in [-0.05, 0) is 19.8 Å². The zero-order valence-corrected chi connectivity index (χ0v) is 12.2. The molecule has 0 saturated carbocycles. The number of rotatable bonds is 4. The largest absolute Gasteiger partial charge is 0.480 e. The zero-order chi connectivity index (χ0) is 14.9. The maximum atomic E-state index is 12.2. The van der Waals surface area contributed by atoms with Gasteiger partial charge in [0, 0.05) is 26.1 Å². The van der Waals surface area contributed by atoms with Gasteiger partial charge >= 0.3 is 5.97 Å². The normalized spacial score (nSPS) is 22.6. The molecule has 0 aliphatic carbocycles. The summed E-state index contributed by atoms with van der Waals surface area (Å²) in [7, 11) is -2.01. The fourth-order valence-corrected chi connectivity index (χ4v) is 3.87. The minimum atomic E-state index is -3.82. The molecule has 1 aliphatic heterocycles. The van der Waals surface area contributed by atoms with Gasteiger partial charge in [-0.3, -0.25) is 4.79 Å². The number of hydrogen-bond donors (Lipinski definition) is 1. The summed E-state index contributed by atoms with van der Waals surface area (Å²) < 4.78 is 27.5. The van der Waals surface area contributed by atoms with Crippen molar-refractivity contribution in [2.75, 3.05) is 13.1 Å². The Kier molecular flexibility index (Phi) is 4.09. The molecular weight excluding hydrogens is 284 g/mol. The lowest BCUT2D eigenvalue weighted by molar-refractivity contribution is -0.136. The number of carboxylic acids is 1. The van der Waals surface area contributed by atoms with E-state index in [-0.39, 0.29) is 12.5 Å². The van der Waals surface area contributed by atoms with Crippen LogP contribution in [0.1, 0.15) is 31.5 Å². The molecule has 1 aromatic heterocycles. The van der Waals surface area contributed by atoms with Crippen molar-refractivity contribution in [3.05, 3.63) is 12.2 Å². The highest BCUT2D eigenvalue weighted by atomic mass is 32.2. The first-order valence-corrected chi connectivity index (χ1v) is 7.90. The van der Waals surface area contributed by atoms with E-state index in [4.69, 9.17) is 5.11 Å². The zero-order valence-electron chi connectivity index (χ0n) is 11.4. The molecule has 1 N–H and O–H groups in total. The van der Waals surface area contributed by atoms with E-state index in [0.29, 0.717) is 13.0 Å². The first-order valence-electron chi connectivity index (χ1n) is 6.39. The van der Waals surface area contributed by atoms with Crippen molar-refractivity contribution < 1.29 is 18.3 Å². The SMILES string of the molecule is CC(C(=O)O)S(=O)(=O)N1CCCC(c2nncn2C)C1. The summed E-state index contributed by atoms with van der Waals surface area (Å²) in [4.78, 5) is 10.9. The smallest absolute Gasteiger partial charge is 0.323 e. The molecule has 20 heavy (non-hydrogen) atoms. The van der Waals surface area contributed by atoms with Crippen LogP contribution in [0.2, 0.25) is 0 Å². The van der Waals surface area contributed by atoms with Crippen molar-refractivity contribution >= 4 is 16.0 Å². The highest BCUT2D eigenvalue weighted by molar-refractivity contribution is 7.90. The summed E-state index contributed by atoms with van der Waals surface area (Å²) in [5.41, 5.74) is 0. The second-order valence-electron chi connectivity index (χ2n) is 5.02. The first-order chi connectivity index (χ1) is 9.34. The van der Waals surface area contributed by atoms with Crippen LogP contribution in [0.4, 0.5) is 0 Å². The van der Waals surface area contributed by atoms with Crippen LogP contribution >= 0.6 is 0 Å². The van der Waals surface area contributed by atoms with Crippen LogP contribution in [-0.2, 0) is 21.9 Å². The van der Waals surface area contributed by atoms with E-state index < -0.39 is 21.2 Å². The molecule has 1 fully saturated rings. The van der Waals surface area contributed by atoms with E-state index in [1.807, 2.05) is 7.05 Å². The van der Waals surface area contributed by atoms with Crippen molar-refractivity contribution in [2.45, 2.75) is 30.9 Å². The minimum absolute atomic E-state index is 0.0491. The van der Waals surface area contributed by atoms with Gasteiger partial charge in [-0.15, -0.1) is 10.2 Å². The van der Waals surface area contributed by atoms with Crippen LogP contribution in [0.5, 0.6) is 0 Å². The summed E-state index contributed by atoms with van der Waals surface area (Å²) >= 11 is 0. The standard InChI is InChI=1S/C11H18N4O4S/c1-8(11(16)17)20(18,19)15-5-3-4-9(6-15)10-13-12-7-14(10)2/h7-9H,3-6H2,1-2H3,(H,16,17). The third-order valence-electron chi connectivity index (χ3n) is 3.65. The number of aryl methyl sites for hydroxylation is 1. The molecule has 2 heterocycles. The fourth-order valence-electron chi connectivity index (χ4n) is 2.40. The van der Waals surface area contributed by atoms with Gasteiger partial charge in [0.25, 0.3) is 0 Å². The molecule has 1 aliphatic rings. The van der Waals surface area contributed by atoms with E-state index in [9.17, 15) is 13.2 Å². The average Bonchev–Trinajstić information content (AvgIpc) is 2.84. The number of piperidine rings is 1. The summed E-state index contributed by atoms with van der Waals surface area (Å²) in [5, 5.41) is 15.3. The van der Waals surface area contributed by atoms with Crippen LogP contribution in [0, 0.1) is 0 Å². The molecule has 1 aromatic rings. The summed E-state index contributed by atoms with van der Waals surface area (Å²) in [5.74, 6) is -0.648. The van der Waals surface area contributed by atoms with Gasteiger partial charge in [0.05, 0.1) is 0 Å². The van der Waals surface area contributed by atoms with Crippen LogP contribution in [0.3, 0.4) is 0 Å². The minimum Gasteiger partial charge on any atom is -0.480 e. The van der Waals surface area contributed by atoms with Crippen molar-refractivity contribution in [3.63, 3.8) is 0 Å². The molecule has 0 radical (unpaired) electrons. The molecule has 0 spiro atoms. The van der Waals surface area contributed by atoms with Crippen molar-refractivity contribution in [1.82, 2.24) is 19.1 Å². The Morgan fingerprint density at radius 1 is 1.55 bits per heavy atom. The third-order valence-corrected chi connectivity index (χ3v) is 5.80. The maximum absolute atomic E-state index is 12.2. The van der Waals surface area contributed by atoms with Gasteiger partial charge in [-0.25, -0.2) is 12.7 Å². The molecule has 9 heteroatoms. The highest BCUT2D eigenvalue weighted by Crippen LogP contribution is 2.27. The number of carboxylic acid groups (broad SMARTS) is 1. The predicted octanol–water partition coefficient (Wildman–Crippen LogP) is -0.203. The molecule has 0 amide bonds. The summed E-state index contributed by atoms with van der Waals surface area (Å²) in [6.45, 7) is 1.81. The lowest BCUT2D eigenvalue weighted by Gasteiger charge is -2.32. The molecule has 2 unspecified atom stereocenters. The van der Waals surface area contributed by atoms with Crippen LogP contribution in [-0.4, -0.2) is 56.9 Å². The maximum Gasteiger partial charge on any atom is 0.323 e. The number of aliphatic carboxylic acids is 1. The molecule has 0 bridgehead atoms. The van der Waals surface area contributed by atoms with Gasteiger partial charge in [0.15, 0.2) is 5.25 Å². The Morgan fingerprint density at radius 2 is 2.25 bits per heavy atom. The van der Waals surface area contributed by atoms with Crippen molar-refractivity contribution in [1.29, 1.82) is 0 Å². The molecule has 2 rings (SSSR count). The molecule has 2 atom stereocenters. The Labute approximate surface area is 117 Å². The summed E-state index contributed by atoms with van der Waals surface area (Å²) in [6.07, 6.45) is 3.08. The van der Waals surface area contributed by atoms with Crippen molar-refractivity contribution in [2.24, 2.45) is 7.05 Å². The lowest BCUT2D eigenvalue weighted by atomic mass is 9.99. The average molecular weight is 302 g/mol. The molecule has 8 nitrogen and oxygen atoms in total. The molecule has 1 saturated heterocycles. The fraction of sp³-hybridized carbons (Fsp3) is 0.727. The number of carbonyl (C=O) groups is 1.